The van der Waals surface area contributed by atoms with Crippen molar-refractivity contribution in [1.29, 1.82) is 5.26 Å². The summed E-state index contributed by atoms with van der Waals surface area (Å²) in [4.78, 5) is 31.9. The third-order valence-electron chi connectivity index (χ3n) is 7.66. The molecule has 0 aliphatic rings. The molecule has 0 radical (unpaired) electrons. The minimum Gasteiger partial charge on any atom is -0.452 e. The molecule has 0 unspecified atom stereocenters. The van der Waals surface area contributed by atoms with Crippen LogP contribution in [0.4, 0.5) is 5.69 Å². The minimum absolute atomic E-state index is 0.198. The van der Waals surface area contributed by atoms with E-state index in [-0.39, 0.29) is 5.91 Å². The van der Waals surface area contributed by atoms with Gasteiger partial charge >= 0.3 is 5.97 Å². The van der Waals surface area contributed by atoms with Gasteiger partial charge in [0.1, 0.15) is 6.10 Å². The number of nitrogens with zero attached hydrogens (tertiary/aromatic N) is 3. The Labute approximate surface area is 257 Å². The first kappa shape index (κ1) is 29.5. The van der Waals surface area contributed by atoms with E-state index in [1.807, 2.05) is 85.8 Å². The van der Waals surface area contributed by atoms with Crippen molar-refractivity contribution < 1.29 is 14.3 Å². The molecular formula is C38H29N3O3. The van der Waals surface area contributed by atoms with Crippen LogP contribution in [0.2, 0.25) is 0 Å². The molecule has 6 nitrogen and oxygen atoms in total. The molecule has 1 amide bonds. The lowest BCUT2D eigenvalue weighted by Gasteiger charge is -2.32. The van der Waals surface area contributed by atoms with Crippen molar-refractivity contribution in [1.82, 2.24) is 4.90 Å². The number of carbonyl (C=O) groups is 2. The third kappa shape index (κ3) is 6.57. The number of ether oxygens (including phenoxy) is 1. The number of esters is 1. The third-order valence-corrected chi connectivity index (χ3v) is 7.66. The predicted octanol–water partition coefficient (Wildman–Crippen LogP) is 8.50. The van der Waals surface area contributed by atoms with Crippen LogP contribution in [0, 0.1) is 17.9 Å². The largest absolute Gasteiger partial charge is 0.452 e. The highest BCUT2D eigenvalue weighted by molar-refractivity contribution is 5.95. The SMILES string of the molecule is [C-]#[N+]c1ccc(-c2ccc(C(=O)N(C)[C@@H](C)[C@@H](OC(=O)c3ccc(-c4ccc(C#N)cc4)cc3)c3ccccc3)cc2)cc1. The van der Waals surface area contributed by atoms with E-state index in [0.29, 0.717) is 22.4 Å². The molecule has 0 aromatic heterocycles. The first-order valence-corrected chi connectivity index (χ1v) is 14.1. The zero-order chi connectivity index (χ0) is 31.1. The van der Waals surface area contributed by atoms with Crippen molar-refractivity contribution in [2.45, 2.75) is 19.1 Å². The molecule has 0 N–H and O–H groups in total. The molecule has 0 spiro atoms. The fourth-order valence-corrected chi connectivity index (χ4v) is 4.93. The number of benzene rings is 5. The second-order valence-corrected chi connectivity index (χ2v) is 10.4. The molecule has 0 heterocycles. The fraction of sp³-hybridized carbons (Fsp3) is 0.105. The Morgan fingerprint density at radius 2 is 1.20 bits per heavy atom. The second-order valence-electron chi connectivity index (χ2n) is 10.4. The Hall–Kier alpha value is -5.98. The van der Waals surface area contributed by atoms with Crippen molar-refractivity contribution in [3.63, 3.8) is 0 Å². The molecule has 5 aromatic carbocycles. The van der Waals surface area contributed by atoms with E-state index < -0.39 is 18.1 Å². The molecule has 5 rings (SSSR count). The summed E-state index contributed by atoms with van der Waals surface area (Å²) in [6.07, 6.45) is -0.712. The quantitative estimate of drug-likeness (QED) is 0.137. The van der Waals surface area contributed by atoms with Gasteiger partial charge in [-0.2, -0.15) is 5.26 Å². The zero-order valence-corrected chi connectivity index (χ0v) is 24.3. The Morgan fingerprint density at radius 3 is 1.70 bits per heavy atom. The van der Waals surface area contributed by atoms with Gasteiger partial charge in [-0.3, -0.25) is 4.79 Å². The van der Waals surface area contributed by atoms with Gasteiger partial charge in [-0.15, -0.1) is 0 Å². The summed E-state index contributed by atoms with van der Waals surface area (Å²) in [5, 5.41) is 9.05. The molecule has 0 fully saturated rings. The van der Waals surface area contributed by atoms with E-state index in [2.05, 4.69) is 10.9 Å². The monoisotopic (exact) mass is 575 g/mol. The molecule has 0 bridgehead atoms. The number of hydrogen-bond donors (Lipinski definition) is 0. The molecule has 44 heavy (non-hydrogen) atoms. The standard InChI is InChI=1S/C38H29N3O3/c1-26(41(3)37(42)33-17-13-29(14-18-33)31-21-23-35(40-2)24-22-31)36(32-7-5-4-6-8-32)44-38(43)34-19-15-30(16-20-34)28-11-9-27(25-39)10-12-28/h4-24,26,36H,1,3H3/t26-,36+/m0/s1. The first-order valence-electron chi connectivity index (χ1n) is 14.1. The Bertz CT molecular complexity index is 1830. The van der Waals surface area contributed by atoms with Gasteiger partial charge in [0.15, 0.2) is 5.69 Å². The molecule has 0 saturated carbocycles. The van der Waals surface area contributed by atoms with E-state index >= 15 is 0 Å². The van der Waals surface area contributed by atoms with Crippen LogP contribution in [0.3, 0.4) is 0 Å². The molecule has 5 aromatic rings. The van der Waals surface area contributed by atoms with Crippen LogP contribution in [-0.2, 0) is 4.74 Å². The van der Waals surface area contributed by atoms with Crippen LogP contribution in [-0.4, -0.2) is 29.9 Å². The maximum atomic E-state index is 13.6. The van der Waals surface area contributed by atoms with Gasteiger partial charge in [-0.25, -0.2) is 9.64 Å². The molecule has 0 aliphatic carbocycles. The van der Waals surface area contributed by atoms with Gasteiger partial charge in [0.05, 0.1) is 29.8 Å². The molecule has 0 aliphatic heterocycles. The van der Waals surface area contributed by atoms with Crippen molar-refractivity contribution >= 4 is 17.6 Å². The van der Waals surface area contributed by atoms with Crippen LogP contribution >= 0.6 is 0 Å². The average Bonchev–Trinajstić information content (AvgIpc) is 3.10. The lowest BCUT2D eigenvalue weighted by atomic mass is 10.00. The highest BCUT2D eigenvalue weighted by Crippen LogP contribution is 2.29. The van der Waals surface area contributed by atoms with Crippen LogP contribution in [0.5, 0.6) is 0 Å². The van der Waals surface area contributed by atoms with E-state index in [9.17, 15) is 9.59 Å². The Balaban J connectivity index is 1.32. The topological polar surface area (TPSA) is 74.8 Å². The Kier molecular flexibility index (Phi) is 8.94. The van der Waals surface area contributed by atoms with E-state index in [4.69, 9.17) is 16.6 Å². The number of nitriles is 1. The van der Waals surface area contributed by atoms with Crippen LogP contribution in [0.25, 0.3) is 27.1 Å². The highest BCUT2D eigenvalue weighted by atomic mass is 16.5. The van der Waals surface area contributed by atoms with Crippen molar-refractivity contribution in [3.05, 3.63) is 161 Å². The predicted molar refractivity (Wildman–Crippen MR) is 171 cm³/mol. The highest BCUT2D eigenvalue weighted by Gasteiger charge is 2.30. The summed E-state index contributed by atoms with van der Waals surface area (Å²) in [6, 6.07) is 40.1. The van der Waals surface area contributed by atoms with E-state index in [0.717, 1.165) is 27.8 Å². The maximum Gasteiger partial charge on any atom is 0.338 e. The van der Waals surface area contributed by atoms with E-state index in [1.165, 1.54) is 0 Å². The summed E-state index contributed by atoms with van der Waals surface area (Å²) in [5.41, 5.74) is 6.59. The molecule has 214 valence electrons. The summed E-state index contributed by atoms with van der Waals surface area (Å²) >= 11 is 0. The smallest absolute Gasteiger partial charge is 0.338 e. The summed E-state index contributed by atoms with van der Waals surface area (Å²) in [5.74, 6) is -0.692. The van der Waals surface area contributed by atoms with Crippen LogP contribution < -0.4 is 0 Å². The molecule has 2 atom stereocenters. The first-order chi connectivity index (χ1) is 21.4. The van der Waals surface area contributed by atoms with Crippen LogP contribution in [0.1, 0.15) is 44.9 Å². The summed E-state index contributed by atoms with van der Waals surface area (Å²) < 4.78 is 6.07. The minimum atomic E-state index is -0.712. The van der Waals surface area contributed by atoms with Crippen molar-refractivity contribution in [2.24, 2.45) is 0 Å². The number of rotatable bonds is 8. The molecular weight excluding hydrogens is 546 g/mol. The molecule has 6 heteroatoms. The van der Waals surface area contributed by atoms with Gasteiger partial charge in [0.2, 0.25) is 0 Å². The van der Waals surface area contributed by atoms with Gasteiger partial charge in [-0.05, 0) is 71.1 Å². The zero-order valence-electron chi connectivity index (χ0n) is 24.3. The second kappa shape index (κ2) is 13.3. The fourth-order valence-electron chi connectivity index (χ4n) is 4.93. The van der Waals surface area contributed by atoms with Gasteiger partial charge in [-0.1, -0.05) is 91.0 Å². The van der Waals surface area contributed by atoms with Crippen molar-refractivity contribution in [2.75, 3.05) is 7.05 Å². The van der Waals surface area contributed by atoms with Crippen molar-refractivity contribution in [3.8, 4) is 28.3 Å². The lowest BCUT2D eigenvalue weighted by Crippen LogP contribution is -2.40. The number of carbonyl (C=O) groups excluding carboxylic acids is 2. The van der Waals surface area contributed by atoms with Gasteiger partial charge < -0.3 is 9.64 Å². The maximum absolute atomic E-state index is 13.6. The average molecular weight is 576 g/mol. The summed E-state index contributed by atoms with van der Waals surface area (Å²) in [6.45, 7) is 9.00. The van der Waals surface area contributed by atoms with Crippen LogP contribution in [0.15, 0.2) is 127 Å². The van der Waals surface area contributed by atoms with Gasteiger partial charge in [0.25, 0.3) is 5.91 Å². The number of likely N-dealkylation sites (N-methyl/N-ethyl adjacent to an activating group) is 1. The lowest BCUT2D eigenvalue weighted by molar-refractivity contribution is 0.00566. The molecule has 0 saturated heterocycles. The number of amides is 1. The van der Waals surface area contributed by atoms with Gasteiger partial charge in [0, 0.05) is 12.6 Å². The Morgan fingerprint density at radius 1 is 0.727 bits per heavy atom. The van der Waals surface area contributed by atoms with E-state index in [1.54, 1.807) is 60.5 Å². The summed E-state index contributed by atoms with van der Waals surface area (Å²) in [7, 11) is 1.71. The number of hydrogen-bond acceptors (Lipinski definition) is 4. The normalized spacial score (nSPS) is 11.8.